The number of rotatable bonds is 1. The zero-order valence-electron chi connectivity index (χ0n) is 6.78. The Balaban J connectivity index is 0.000000146. The van der Waals surface area contributed by atoms with Crippen LogP contribution in [0.3, 0.4) is 0 Å². The van der Waals surface area contributed by atoms with E-state index in [4.69, 9.17) is 17.3 Å². The van der Waals surface area contributed by atoms with E-state index in [0.29, 0.717) is 0 Å². The maximum absolute atomic E-state index is 10.1. The first-order chi connectivity index (χ1) is 6.70. The third-order valence-corrected chi connectivity index (χ3v) is 5.59. The second-order valence-electron chi connectivity index (χ2n) is 2.04. The van der Waals surface area contributed by atoms with Crippen LogP contribution in [0.25, 0.3) is 0 Å². The van der Waals surface area contributed by atoms with Crippen LogP contribution in [0.2, 0.25) is 0 Å². The Morgan fingerprint density at radius 3 is 2.29 bits per heavy atom. The first-order valence-corrected chi connectivity index (χ1v) is 7.88. The molecule has 1 aliphatic heterocycles. The number of hydrogen-bond acceptors (Lipinski definition) is 6. The minimum absolute atomic E-state index is 0.319. The van der Waals surface area contributed by atoms with Crippen LogP contribution in [0, 0.1) is 3.14 Å². The van der Waals surface area contributed by atoms with Gasteiger partial charge in [0, 0.05) is 10.8 Å². The molecule has 0 fully saturated rings. The first-order valence-electron chi connectivity index (χ1n) is 3.44. The summed E-state index contributed by atoms with van der Waals surface area (Å²) in [6.07, 6.45) is 1.68. The van der Waals surface area contributed by atoms with Crippen molar-refractivity contribution in [1.29, 1.82) is 0 Å². The number of carbonyl (C=O) groups is 1. The van der Waals surface area contributed by atoms with Crippen molar-refractivity contribution in [3.05, 3.63) is 25.4 Å². The Morgan fingerprint density at radius 2 is 2.07 bits per heavy atom. The van der Waals surface area contributed by atoms with Crippen molar-refractivity contribution in [2.45, 2.75) is 5.25 Å². The van der Waals surface area contributed by atoms with Gasteiger partial charge in [0.25, 0.3) is 0 Å². The largest absolute Gasteiger partial charge is 0.480 e. The maximum Gasteiger partial charge on any atom is 0.321 e. The molecule has 1 aliphatic rings. The van der Waals surface area contributed by atoms with Crippen LogP contribution < -0.4 is 0 Å². The van der Waals surface area contributed by atoms with Gasteiger partial charge >= 0.3 is 5.97 Å². The summed E-state index contributed by atoms with van der Waals surface area (Å²) >= 11 is 8.00. The van der Waals surface area contributed by atoms with E-state index in [-0.39, 0.29) is 5.25 Å². The summed E-state index contributed by atoms with van der Waals surface area (Å²) in [7, 11) is 2.82. The van der Waals surface area contributed by atoms with Gasteiger partial charge in [-0.05, 0) is 5.41 Å². The molecule has 2 heterocycles. The highest BCUT2D eigenvalue weighted by Gasteiger charge is 2.17. The van der Waals surface area contributed by atoms with Crippen molar-refractivity contribution in [3.63, 3.8) is 0 Å². The van der Waals surface area contributed by atoms with E-state index in [2.05, 4.69) is 0 Å². The van der Waals surface area contributed by atoms with Crippen molar-refractivity contribution in [1.82, 2.24) is 0 Å². The second-order valence-corrected chi connectivity index (χ2v) is 7.37. The lowest BCUT2D eigenvalue weighted by Gasteiger charge is -1.94. The molecule has 1 N–H and O–H groups in total. The highest BCUT2D eigenvalue weighted by atomic mass is 33.1. The summed E-state index contributed by atoms with van der Waals surface area (Å²) in [4.78, 5) is 10.1. The molecule has 7 heteroatoms. The molecule has 2 nitrogen and oxygen atoms in total. The zero-order chi connectivity index (χ0) is 10.4. The van der Waals surface area contributed by atoms with Gasteiger partial charge < -0.3 is 5.11 Å². The minimum Gasteiger partial charge on any atom is -0.480 e. The van der Waals surface area contributed by atoms with Gasteiger partial charge in [-0.3, -0.25) is 4.79 Å². The lowest BCUT2D eigenvalue weighted by Crippen LogP contribution is -2.09. The summed E-state index contributed by atoms with van der Waals surface area (Å²) in [5, 5.41) is 13.8. The van der Waals surface area contributed by atoms with Crippen molar-refractivity contribution < 1.29 is 9.90 Å². The number of carboxylic acids is 1. The van der Waals surface area contributed by atoms with Crippen LogP contribution in [0.5, 0.6) is 0 Å². The monoisotopic (exact) mass is 282 g/mol. The van der Waals surface area contributed by atoms with Crippen LogP contribution >= 0.6 is 56.5 Å². The predicted octanol–water partition coefficient (Wildman–Crippen LogP) is 3.89. The van der Waals surface area contributed by atoms with Crippen LogP contribution in [0.4, 0.5) is 0 Å². The van der Waals surface area contributed by atoms with Gasteiger partial charge in [0.15, 0.2) is 0 Å². The van der Waals surface area contributed by atoms with Crippen molar-refractivity contribution >= 4 is 62.4 Å². The molecule has 1 atom stereocenters. The molecule has 0 amide bonds. The summed E-state index contributed by atoms with van der Waals surface area (Å²) in [5.41, 5.74) is 0. The van der Waals surface area contributed by atoms with Crippen LogP contribution in [0.1, 0.15) is 0 Å². The van der Waals surface area contributed by atoms with E-state index < -0.39 is 5.97 Å². The Hall–Kier alpha value is 0.180. The molecule has 0 radical (unpaired) electrons. The molecule has 0 saturated carbocycles. The average molecular weight is 282 g/mol. The summed E-state index contributed by atoms with van der Waals surface area (Å²) < 4.78 is 1.01. The smallest absolute Gasteiger partial charge is 0.321 e. The normalized spacial score (nSPS) is 18.7. The molecule has 0 aliphatic carbocycles. The number of carboxylic acid groups (broad SMARTS) is 1. The van der Waals surface area contributed by atoms with Crippen LogP contribution in [0.15, 0.2) is 22.2 Å². The average Bonchev–Trinajstić information content (AvgIpc) is 2.75. The van der Waals surface area contributed by atoms with Crippen LogP contribution in [-0.2, 0) is 4.79 Å². The lowest BCUT2D eigenvalue weighted by molar-refractivity contribution is -0.135. The van der Waals surface area contributed by atoms with E-state index >= 15 is 0 Å². The lowest BCUT2D eigenvalue weighted by atomic mass is 10.4. The molecular formula is C7H6O2S5. The van der Waals surface area contributed by atoms with Gasteiger partial charge in [-0.1, -0.05) is 39.9 Å². The second kappa shape index (κ2) is 6.62. The van der Waals surface area contributed by atoms with Gasteiger partial charge in [-0.15, -0.1) is 22.7 Å². The Morgan fingerprint density at radius 1 is 1.43 bits per heavy atom. The van der Waals surface area contributed by atoms with Gasteiger partial charge in [-0.25, -0.2) is 0 Å². The molecule has 1 unspecified atom stereocenters. The third-order valence-electron chi connectivity index (χ3n) is 1.10. The highest BCUT2D eigenvalue weighted by molar-refractivity contribution is 8.78. The number of aliphatic carboxylic acids is 1. The fraction of sp³-hybridized carbons (Fsp3) is 0.143. The number of hydrogen-bond donors (Lipinski definition) is 1. The molecule has 1 aromatic rings. The molecular weight excluding hydrogens is 276 g/mol. The van der Waals surface area contributed by atoms with Crippen molar-refractivity contribution in [2.75, 3.05) is 0 Å². The zero-order valence-corrected chi connectivity index (χ0v) is 10.9. The third kappa shape index (κ3) is 4.61. The Labute approximate surface area is 102 Å². The van der Waals surface area contributed by atoms with E-state index in [1.54, 1.807) is 34.2 Å². The fourth-order valence-electron chi connectivity index (χ4n) is 0.545. The van der Waals surface area contributed by atoms with E-state index in [1.807, 2.05) is 10.8 Å². The topological polar surface area (TPSA) is 37.3 Å². The van der Waals surface area contributed by atoms with Gasteiger partial charge in [0.2, 0.25) is 0 Å². The SMILES string of the molecule is O=C(O)C1C=CSS1.S=c1sccs1. The summed E-state index contributed by atoms with van der Waals surface area (Å²) in [6.45, 7) is 0. The van der Waals surface area contributed by atoms with Crippen molar-refractivity contribution in [3.8, 4) is 0 Å². The molecule has 1 aromatic heterocycles. The molecule has 76 valence electrons. The molecule has 2 rings (SSSR count). The minimum atomic E-state index is -0.753. The van der Waals surface area contributed by atoms with Gasteiger partial charge in [0.1, 0.15) is 8.39 Å². The van der Waals surface area contributed by atoms with E-state index in [0.717, 1.165) is 3.14 Å². The maximum atomic E-state index is 10.1. The van der Waals surface area contributed by atoms with Crippen LogP contribution in [-0.4, -0.2) is 16.3 Å². The predicted molar refractivity (Wildman–Crippen MR) is 68.8 cm³/mol. The Kier molecular flexibility index (Phi) is 5.80. The molecule has 0 saturated heterocycles. The van der Waals surface area contributed by atoms with E-state index in [1.165, 1.54) is 21.6 Å². The molecule has 0 spiro atoms. The molecule has 0 bridgehead atoms. The highest BCUT2D eigenvalue weighted by Crippen LogP contribution is 2.35. The summed E-state index contributed by atoms with van der Waals surface area (Å²) in [6, 6.07) is 0. The fourth-order valence-corrected chi connectivity index (χ4v) is 4.01. The van der Waals surface area contributed by atoms with E-state index in [9.17, 15) is 4.79 Å². The first kappa shape index (κ1) is 12.3. The Bertz CT molecular complexity index is 349. The molecule has 14 heavy (non-hydrogen) atoms. The molecule has 0 aromatic carbocycles. The van der Waals surface area contributed by atoms with Crippen molar-refractivity contribution in [2.24, 2.45) is 0 Å². The standard InChI is InChI=1S/C4H4O2S2.C3H2S3/c5-4(6)3-1-2-7-8-3;4-3-5-1-2-6-3/h1-3H,(H,5,6);1-2H. The van der Waals surface area contributed by atoms with Gasteiger partial charge in [0.05, 0.1) is 0 Å². The quantitative estimate of drug-likeness (QED) is 0.625. The summed E-state index contributed by atoms with van der Waals surface area (Å²) in [5.74, 6) is -0.753. The van der Waals surface area contributed by atoms with Gasteiger partial charge in [-0.2, -0.15) is 0 Å².